The van der Waals surface area contributed by atoms with Crippen molar-refractivity contribution in [1.29, 1.82) is 0 Å². The van der Waals surface area contributed by atoms with E-state index in [1.807, 2.05) is 20.8 Å². The summed E-state index contributed by atoms with van der Waals surface area (Å²) in [7, 11) is 0. The minimum absolute atomic E-state index is 0.0217. The SMILES string of the molecule is CCCC1NC(=O)C(C(C)C)N(Cc2ncon2)C1=O. The lowest BCUT2D eigenvalue weighted by atomic mass is 9.95. The van der Waals surface area contributed by atoms with Gasteiger partial charge < -0.3 is 14.7 Å². The zero-order valence-corrected chi connectivity index (χ0v) is 12.0. The number of hydrogen-bond donors (Lipinski definition) is 1. The average molecular weight is 280 g/mol. The Kier molecular flexibility index (Phi) is 4.36. The van der Waals surface area contributed by atoms with Gasteiger partial charge in [0.1, 0.15) is 12.1 Å². The number of hydrogen-bond acceptors (Lipinski definition) is 5. The number of aromatic nitrogens is 2. The lowest BCUT2D eigenvalue weighted by molar-refractivity contribution is -0.152. The first kappa shape index (κ1) is 14.5. The molecule has 1 aliphatic heterocycles. The van der Waals surface area contributed by atoms with Gasteiger partial charge >= 0.3 is 0 Å². The predicted molar refractivity (Wildman–Crippen MR) is 70.3 cm³/mol. The highest BCUT2D eigenvalue weighted by Crippen LogP contribution is 2.21. The molecule has 1 saturated heterocycles. The fourth-order valence-corrected chi connectivity index (χ4v) is 2.54. The van der Waals surface area contributed by atoms with Gasteiger partial charge in [0, 0.05) is 0 Å². The molecule has 0 radical (unpaired) electrons. The minimum Gasteiger partial charge on any atom is -0.343 e. The maximum absolute atomic E-state index is 12.5. The van der Waals surface area contributed by atoms with Crippen LogP contribution in [0.3, 0.4) is 0 Å². The quantitative estimate of drug-likeness (QED) is 0.858. The molecule has 7 nitrogen and oxygen atoms in total. The number of nitrogens with one attached hydrogen (secondary N) is 1. The van der Waals surface area contributed by atoms with Crippen LogP contribution in [0.5, 0.6) is 0 Å². The van der Waals surface area contributed by atoms with Crippen LogP contribution in [0.2, 0.25) is 0 Å². The first-order chi connectivity index (χ1) is 9.54. The normalized spacial score (nSPS) is 23.3. The third-order valence-corrected chi connectivity index (χ3v) is 3.43. The highest BCUT2D eigenvalue weighted by Gasteiger charge is 2.41. The maximum atomic E-state index is 12.5. The van der Waals surface area contributed by atoms with E-state index in [-0.39, 0.29) is 24.3 Å². The van der Waals surface area contributed by atoms with Crippen LogP contribution in [0.15, 0.2) is 10.9 Å². The van der Waals surface area contributed by atoms with Gasteiger partial charge in [-0.25, -0.2) is 0 Å². The van der Waals surface area contributed by atoms with E-state index in [9.17, 15) is 9.59 Å². The monoisotopic (exact) mass is 280 g/mol. The van der Waals surface area contributed by atoms with Crippen molar-refractivity contribution in [3.05, 3.63) is 12.2 Å². The summed E-state index contributed by atoms with van der Waals surface area (Å²) in [5.74, 6) is 0.249. The van der Waals surface area contributed by atoms with Crippen molar-refractivity contribution in [2.75, 3.05) is 0 Å². The molecule has 1 fully saturated rings. The van der Waals surface area contributed by atoms with Gasteiger partial charge in [0.05, 0.1) is 6.54 Å². The van der Waals surface area contributed by atoms with Gasteiger partial charge in [0.2, 0.25) is 18.2 Å². The van der Waals surface area contributed by atoms with Gasteiger partial charge in [0.25, 0.3) is 0 Å². The van der Waals surface area contributed by atoms with Crippen LogP contribution in [0.1, 0.15) is 39.4 Å². The molecule has 2 heterocycles. The van der Waals surface area contributed by atoms with Gasteiger partial charge in [0.15, 0.2) is 5.82 Å². The van der Waals surface area contributed by atoms with Crippen LogP contribution >= 0.6 is 0 Å². The van der Waals surface area contributed by atoms with E-state index >= 15 is 0 Å². The minimum atomic E-state index is -0.492. The molecule has 0 aromatic carbocycles. The molecule has 1 aromatic heterocycles. The van der Waals surface area contributed by atoms with E-state index in [2.05, 4.69) is 20.0 Å². The first-order valence-electron chi connectivity index (χ1n) is 6.90. The standard InChI is InChI=1S/C13H20N4O3/c1-4-5-9-13(19)17(6-10-14-7-20-16-10)11(8(2)3)12(18)15-9/h7-9,11H,4-6H2,1-3H3,(H,15,18). The zero-order valence-electron chi connectivity index (χ0n) is 12.0. The summed E-state index contributed by atoms with van der Waals surface area (Å²) in [5.41, 5.74) is 0. The van der Waals surface area contributed by atoms with E-state index in [0.29, 0.717) is 12.2 Å². The van der Waals surface area contributed by atoms with Gasteiger partial charge in [-0.1, -0.05) is 32.3 Å². The van der Waals surface area contributed by atoms with E-state index in [0.717, 1.165) is 6.42 Å². The Morgan fingerprint density at radius 1 is 1.45 bits per heavy atom. The second kappa shape index (κ2) is 6.02. The van der Waals surface area contributed by atoms with Crippen molar-refractivity contribution in [2.45, 2.75) is 52.2 Å². The lowest BCUT2D eigenvalue weighted by Gasteiger charge is -2.40. The van der Waals surface area contributed by atoms with Crippen molar-refractivity contribution in [3.8, 4) is 0 Å². The van der Waals surface area contributed by atoms with E-state index in [1.165, 1.54) is 6.39 Å². The number of carbonyl (C=O) groups is 2. The lowest BCUT2D eigenvalue weighted by Crippen LogP contribution is -2.64. The molecule has 0 spiro atoms. The third-order valence-electron chi connectivity index (χ3n) is 3.43. The number of nitrogens with zero attached hydrogens (tertiary/aromatic N) is 3. The number of piperazine rings is 1. The number of rotatable bonds is 5. The fourth-order valence-electron chi connectivity index (χ4n) is 2.54. The summed E-state index contributed by atoms with van der Waals surface area (Å²) < 4.78 is 4.69. The Balaban J connectivity index is 2.24. The first-order valence-corrected chi connectivity index (χ1v) is 6.90. The summed E-state index contributed by atoms with van der Waals surface area (Å²) in [4.78, 5) is 30.3. The third kappa shape index (κ3) is 2.81. The van der Waals surface area contributed by atoms with E-state index in [1.54, 1.807) is 4.90 Å². The van der Waals surface area contributed by atoms with E-state index < -0.39 is 12.1 Å². The van der Waals surface area contributed by atoms with Gasteiger partial charge in [-0.3, -0.25) is 9.59 Å². The summed E-state index contributed by atoms with van der Waals surface area (Å²) >= 11 is 0. The molecular formula is C13H20N4O3. The molecule has 2 atom stereocenters. The van der Waals surface area contributed by atoms with Crippen molar-refractivity contribution in [3.63, 3.8) is 0 Å². The van der Waals surface area contributed by atoms with Gasteiger partial charge in [-0.05, 0) is 12.3 Å². The smallest absolute Gasteiger partial charge is 0.246 e. The topological polar surface area (TPSA) is 88.3 Å². The van der Waals surface area contributed by atoms with Gasteiger partial charge in [-0.2, -0.15) is 4.98 Å². The van der Waals surface area contributed by atoms with Crippen LogP contribution in [-0.2, 0) is 16.1 Å². The molecule has 110 valence electrons. The van der Waals surface area contributed by atoms with Crippen molar-refractivity contribution in [2.24, 2.45) is 5.92 Å². The van der Waals surface area contributed by atoms with Crippen molar-refractivity contribution < 1.29 is 14.1 Å². The second-order valence-electron chi connectivity index (χ2n) is 5.35. The highest BCUT2D eigenvalue weighted by atomic mass is 16.5. The Morgan fingerprint density at radius 3 is 2.75 bits per heavy atom. The molecule has 2 amide bonds. The summed E-state index contributed by atoms with van der Waals surface area (Å²) in [5, 5.41) is 6.54. The molecule has 1 aliphatic rings. The Hall–Kier alpha value is -1.92. The number of carbonyl (C=O) groups excluding carboxylic acids is 2. The van der Waals surface area contributed by atoms with Crippen LogP contribution in [0, 0.1) is 5.92 Å². The van der Waals surface area contributed by atoms with Crippen molar-refractivity contribution in [1.82, 2.24) is 20.4 Å². The summed E-state index contributed by atoms with van der Waals surface area (Å²) in [6, 6.07) is -0.941. The highest BCUT2D eigenvalue weighted by molar-refractivity contribution is 5.97. The average Bonchev–Trinajstić information content (AvgIpc) is 2.88. The molecule has 7 heteroatoms. The molecular weight excluding hydrogens is 260 g/mol. The second-order valence-corrected chi connectivity index (χ2v) is 5.35. The molecule has 2 unspecified atom stereocenters. The zero-order chi connectivity index (χ0) is 14.7. The molecule has 2 rings (SSSR count). The summed E-state index contributed by atoms with van der Waals surface area (Å²) in [6.07, 6.45) is 2.69. The Morgan fingerprint density at radius 2 is 2.20 bits per heavy atom. The largest absolute Gasteiger partial charge is 0.343 e. The Bertz CT molecular complexity index is 472. The maximum Gasteiger partial charge on any atom is 0.246 e. The molecule has 0 bridgehead atoms. The molecule has 0 saturated carbocycles. The Labute approximate surface area is 117 Å². The van der Waals surface area contributed by atoms with Crippen LogP contribution in [0.25, 0.3) is 0 Å². The summed E-state index contributed by atoms with van der Waals surface area (Å²) in [6.45, 7) is 6.02. The van der Waals surface area contributed by atoms with Crippen LogP contribution < -0.4 is 5.32 Å². The molecule has 1 N–H and O–H groups in total. The van der Waals surface area contributed by atoms with E-state index in [4.69, 9.17) is 0 Å². The van der Waals surface area contributed by atoms with Crippen LogP contribution in [-0.4, -0.2) is 38.9 Å². The van der Waals surface area contributed by atoms with Gasteiger partial charge in [-0.15, -0.1) is 0 Å². The molecule has 1 aromatic rings. The van der Waals surface area contributed by atoms with Crippen LogP contribution in [0.4, 0.5) is 0 Å². The molecule has 20 heavy (non-hydrogen) atoms. The predicted octanol–water partition coefficient (Wildman–Crippen LogP) is 0.721. The fraction of sp³-hybridized carbons (Fsp3) is 0.692. The van der Waals surface area contributed by atoms with Crippen molar-refractivity contribution >= 4 is 11.8 Å². The number of amides is 2. The molecule has 0 aliphatic carbocycles.